The minimum absolute atomic E-state index is 0.0155. The Morgan fingerprint density at radius 1 is 0.903 bits per heavy atom. The fourth-order valence-electron chi connectivity index (χ4n) is 3.21. The van der Waals surface area contributed by atoms with Gasteiger partial charge in [-0.2, -0.15) is 0 Å². The highest BCUT2D eigenvalue weighted by molar-refractivity contribution is 5.97. The third kappa shape index (κ3) is 7.63. The monoisotopic (exact) mass is 426 g/mol. The Labute approximate surface area is 185 Å². The Morgan fingerprint density at radius 2 is 1.52 bits per heavy atom. The molecule has 0 bridgehead atoms. The zero-order valence-electron chi connectivity index (χ0n) is 19.1. The van der Waals surface area contributed by atoms with Crippen LogP contribution in [0.1, 0.15) is 50.0 Å². The standard InChI is InChI=1S/C25H34N2O4/c1-6-31-22-15-11-20(12-16-22)24(28)27-23(17(2)3)25(29)26-18(4)7-8-19-9-13-21(30-5)14-10-19/h9-18,23H,6-8H2,1-5H3,(H,26,29)(H,27,28). The van der Waals surface area contributed by atoms with E-state index in [-0.39, 0.29) is 23.8 Å². The van der Waals surface area contributed by atoms with Gasteiger partial charge < -0.3 is 20.1 Å². The third-order valence-corrected chi connectivity index (χ3v) is 5.08. The van der Waals surface area contributed by atoms with Gasteiger partial charge in [-0.05, 0) is 74.6 Å². The van der Waals surface area contributed by atoms with E-state index in [4.69, 9.17) is 9.47 Å². The topological polar surface area (TPSA) is 76.7 Å². The Balaban J connectivity index is 1.90. The molecule has 0 radical (unpaired) electrons. The van der Waals surface area contributed by atoms with Gasteiger partial charge in [0.05, 0.1) is 13.7 Å². The zero-order valence-corrected chi connectivity index (χ0v) is 19.1. The maximum atomic E-state index is 12.8. The van der Waals surface area contributed by atoms with E-state index in [0.717, 1.165) is 18.6 Å². The van der Waals surface area contributed by atoms with Crippen molar-refractivity contribution in [3.8, 4) is 11.5 Å². The van der Waals surface area contributed by atoms with Crippen molar-refractivity contribution in [2.24, 2.45) is 5.92 Å². The van der Waals surface area contributed by atoms with Crippen LogP contribution in [-0.2, 0) is 11.2 Å². The summed E-state index contributed by atoms with van der Waals surface area (Å²) in [4.78, 5) is 25.5. The lowest BCUT2D eigenvalue weighted by Crippen LogP contribution is -2.51. The molecule has 2 unspecified atom stereocenters. The van der Waals surface area contributed by atoms with Gasteiger partial charge in [0.15, 0.2) is 0 Å². The van der Waals surface area contributed by atoms with Gasteiger partial charge in [0.25, 0.3) is 5.91 Å². The summed E-state index contributed by atoms with van der Waals surface area (Å²) in [6, 6.07) is 14.2. The van der Waals surface area contributed by atoms with Crippen LogP contribution in [0.2, 0.25) is 0 Å². The minimum atomic E-state index is -0.609. The van der Waals surface area contributed by atoms with E-state index in [1.165, 1.54) is 5.56 Å². The van der Waals surface area contributed by atoms with Crippen molar-refractivity contribution in [1.29, 1.82) is 0 Å². The molecular formula is C25H34N2O4. The fraction of sp³-hybridized carbons (Fsp3) is 0.440. The number of carbonyl (C=O) groups excluding carboxylic acids is 2. The zero-order chi connectivity index (χ0) is 22.8. The maximum Gasteiger partial charge on any atom is 0.251 e. The fourth-order valence-corrected chi connectivity index (χ4v) is 3.21. The molecule has 0 saturated carbocycles. The molecule has 2 aromatic rings. The first-order chi connectivity index (χ1) is 14.8. The summed E-state index contributed by atoms with van der Waals surface area (Å²) < 4.78 is 10.6. The lowest BCUT2D eigenvalue weighted by atomic mass is 10.0. The molecule has 2 aromatic carbocycles. The first-order valence-corrected chi connectivity index (χ1v) is 10.8. The lowest BCUT2D eigenvalue weighted by Gasteiger charge is -2.24. The largest absolute Gasteiger partial charge is 0.497 e. The molecule has 2 N–H and O–H groups in total. The molecule has 0 heterocycles. The maximum absolute atomic E-state index is 12.8. The highest BCUT2D eigenvalue weighted by atomic mass is 16.5. The van der Waals surface area contributed by atoms with Crippen LogP contribution < -0.4 is 20.1 Å². The Bertz CT molecular complexity index is 832. The highest BCUT2D eigenvalue weighted by Gasteiger charge is 2.25. The normalized spacial score (nSPS) is 12.7. The van der Waals surface area contributed by atoms with E-state index in [2.05, 4.69) is 10.6 Å². The van der Waals surface area contributed by atoms with Gasteiger partial charge in [-0.15, -0.1) is 0 Å². The summed E-state index contributed by atoms with van der Waals surface area (Å²) in [5.74, 6) is 1.05. The second kappa shape index (κ2) is 12.0. The predicted molar refractivity (Wildman–Crippen MR) is 123 cm³/mol. The highest BCUT2D eigenvalue weighted by Crippen LogP contribution is 2.15. The summed E-state index contributed by atoms with van der Waals surface area (Å²) in [6.45, 7) is 8.30. The molecule has 0 aliphatic rings. The summed E-state index contributed by atoms with van der Waals surface area (Å²) >= 11 is 0. The van der Waals surface area contributed by atoms with Crippen LogP contribution >= 0.6 is 0 Å². The number of methoxy groups -OCH3 is 1. The number of hydrogen-bond acceptors (Lipinski definition) is 4. The van der Waals surface area contributed by atoms with Crippen LogP contribution in [0.4, 0.5) is 0 Å². The van der Waals surface area contributed by atoms with Gasteiger partial charge in [0.2, 0.25) is 5.91 Å². The van der Waals surface area contributed by atoms with Crippen LogP contribution in [-0.4, -0.2) is 37.6 Å². The van der Waals surface area contributed by atoms with Crippen LogP contribution in [0.5, 0.6) is 11.5 Å². The molecule has 0 saturated heterocycles. The van der Waals surface area contributed by atoms with E-state index in [1.54, 1.807) is 31.4 Å². The molecule has 0 fully saturated rings. The van der Waals surface area contributed by atoms with E-state index < -0.39 is 6.04 Å². The van der Waals surface area contributed by atoms with Crippen molar-refractivity contribution in [3.05, 3.63) is 59.7 Å². The molecule has 0 aromatic heterocycles. The number of nitrogens with one attached hydrogen (secondary N) is 2. The Hall–Kier alpha value is -3.02. The molecule has 6 heteroatoms. The Morgan fingerprint density at radius 3 is 2.06 bits per heavy atom. The summed E-state index contributed by atoms with van der Waals surface area (Å²) in [5, 5.41) is 5.91. The van der Waals surface area contributed by atoms with Crippen molar-refractivity contribution in [2.75, 3.05) is 13.7 Å². The van der Waals surface area contributed by atoms with Crippen LogP contribution in [0.25, 0.3) is 0 Å². The first kappa shape index (κ1) is 24.3. The molecule has 2 rings (SSSR count). The van der Waals surface area contributed by atoms with E-state index in [1.807, 2.05) is 52.0 Å². The van der Waals surface area contributed by atoms with E-state index >= 15 is 0 Å². The van der Waals surface area contributed by atoms with Gasteiger partial charge in [0.1, 0.15) is 17.5 Å². The average Bonchev–Trinajstić information content (AvgIpc) is 2.76. The summed E-state index contributed by atoms with van der Waals surface area (Å²) in [6.07, 6.45) is 1.64. The van der Waals surface area contributed by atoms with Gasteiger partial charge >= 0.3 is 0 Å². The Kier molecular flexibility index (Phi) is 9.38. The third-order valence-electron chi connectivity index (χ3n) is 5.08. The van der Waals surface area contributed by atoms with Gasteiger partial charge in [-0.25, -0.2) is 0 Å². The second-order valence-corrected chi connectivity index (χ2v) is 7.95. The predicted octanol–water partition coefficient (Wildman–Crippen LogP) is 3.99. The molecule has 0 aliphatic heterocycles. The molecule has 6 nitrogen and oxygen atoms in total. The summed E-state index contributed by atoms with van der Waals surface area (Å²) in [5.41, 5.74) is 1.68. The van der Waals surface area contributed by atoms with Crippen LogP contribution in [0.3, 0.4) is 0 Å². The number of carbonyl (C=O) groups is 2. The lowest BCUT2D eigenvalue weighted by molar-refractivity contribution is -0.124. The molecule has 168 valence electrons. The smallest absolute Gasteiger partial charge is 0.251 e. The summed E-state index contributed by atoms with van der Waals surface area (Å²) in [7, 11) is 1.65. The van der Waals surface area contributed by atoms with E-state index in [9.17, 15) is 9.59 Å². The number of amides is 2. The van der Waals surface area contributed by atoms with Crippen LogP contribution in [0, 0.1) is 5.92 Å². The quantitative estimate of drug-likeness (QED) is 0.570. The van der Waals surface area contributed by atoms with Gasteiger partial charge in [-0.1, -0.05) is 26.0 Å². The minimum Gasteiger partial charge on any atom is -0.497 e. The molecular weight excluding hydrogens is 392 g/mol. The number of rotatable bonds is 11. The number of benzene rings is 2. The van der Waals surface area contributed by atoms with Crippen LogP contribution in [0.15, 0.2) is 48.5 Å². The second-order valence-electron chi connectivity index (χ2n) is 7.95. The molecule has 0 spiro atoms. The van der Waals surface area contributed by atoms with Crippen molar-refractivity contribution in [1.82, 2.24) is 10.6 Å². The SMILES string of the molecule is CCOc1ccc(C(=O)NC(C(=O)NC(C)CCc2ccc(OC)cc2)C(C)C)cc1. The average molecular weight is 427 g/mol. The molecule has 2 atom stereocenters. The van der Waals surface area contributed by atoms with Crippen molar-refractivity contribution in [3.63, 3.8) is 0 Å². The number of aryl methyl sites for hydroxylation is 1. The number of ether oxygens (including phenoxy) is 2. The molecule has 0 aliphatic carbocycles. The van der Waals surface area contributed by atoms with Crippen molar-refractivity contribution >= 4 is 11.8 Å². The molecule has 2 amide bonds. The van der Waals surface area contributed by atoms with Gasteiger partial charge in [-0.3, -0.25) is 9.59 Å². The van der Waals surface area contributed by atoms with Gasteiger partial charge in [0, 0.05) is 11.6 Å². The van der Waals surface area contributed by atoms with Crippen molar-refractivity contribution in [2.45, 2.75) is 52.6 Å². The first-order valence-electron chi connectivity index (χ1n) is 10.8. The van der Waals surface area contributed by atoms with Crippen molar-refractivity contribution < 1.29 is 19.1 Å². The molecule has 31 heavy (non-hydrogen) atoms. The van der Waals surface area contributed by atoms with E-state index in [0.29, 0.717) is 17.9 Å². The number of hydrogen-bond donors (Lipinski definition) is 2.